The van der Waals surface area contributed by atoms with E-state index in [0.717, 1.165) is 11.4 Å². The Kier molecular flexibility index (Phi) is 5.31. The largest absolute Gasteiger partial charge is 0.354 e. The number of aromatic nitrogens is 1. The van der Waals surface area contributed by atoms with E-state index in [1.54, 1.807) is 36.5 Å². The van der Waals surface area contributed by atoms with Gasteiger partial charge in [-0.3, -0.25) is 9.59 Å². The Labute approximate surface area is 158 Å². The topological polar surface area (TPSA) is 71.1 Å². The van der Waals surface area contributed by atoms with Gasteiger partial charge in [0.05, 0.1) is 11.9 Å². The summed E-state index contributed by atoms with van der Waals surface area (Å²) in [7, 11) is 0. The maximum atomic E-state index is 12.4. The molecule has 1 heterocycles. The van der Waals surface area contributed by atoms with E-state index in [2.05, 4.69) is 35.5 Å². The highest BCUT2D eigenvalue weighted by Crippen LogP contribution is 2.22. The Balaban J connectivity index is 1.71. The van der Waals surface area contributed by atoms with Crippen molar-refractivity contribution >= 4 is 28.8 Å². The molecule has 0 aliphatic heterocycles. The first kappa shape index (κ1) is 18.3. The molecular formula is C22H21N3O2. The second-order valence-electron chi connectivity index (χ2n) is 6.40. The molecule has 0 aliphatic rings. The number of pyridine rings is 1. The average molecular weight is 359 g/mol. The van der Waals surface area contributed by atoms with E-state index in [0.29, 0.717) is 16.9 Å². The Morgan fingerprint density at radius 2 is 1.70 bits per heavy atom. The predicted molar refractivity (Wildman–Crippen MR) is 108 cm³/mol. The van der Waals surface area contributed by atoms with Crippen LogP contribution in [0.3, 0.4) is 0 Å². The third kappa shape index (κ3) is 4.39. The lowest BCUT2D eigenvalue weighted by molar-refractivity contribution is 0.100. The van der Waals surface area contributed by atoms with Crippen LogP contribution in [0.15, 0.2) is 60.8 Å². The highest BCUT2D eigenvalue weighted by atomic mass is 16.2. The number of nitrogens with one attached hydrogen (secondary N) is 2. The van der Waals surface area contributed by atoms with Gasteiger partial charge in [-0.1, -0.05) is 24.3 Å². The number of ketones is 1. The van der Waals surface area contributed by atoms with E-state index >= 15 is 0 Å². The van der Waals surface area contributed by atoms with Crippen LogP contribution in [0.4, 0.5) is 17.1 Å². The van der Waals surface area contributed by atoms with Gasteiger partial charge in [-0.25, -0.2) is 4.98 Å². The van der Waals surface area contributed by atoms with Crippen molar-refractivity contribution in [3.8, 4) is 0 Å². The molecule has 5 heteroatoms. The number of carbonyl (C=O) groups is 2. The minimum Gasteiger partial charge on any atom is -0.354 e. The molecule has 0 bridgehead atoms. The van der Waals surface area contributed by atoms with Gasteiger partial charge in [0.25, 0.3) is 5.91 Å². The molecule has 27 heavy (non-hydrogen) atoms. The van der Waals surface area contributed by atoms with Crippen LogP contribution in [0.25, 0.3) is 0 Å². The number of rotatable bonds is 5. The van der Waals surface area contributed by atoms with Crippen molar-refractivity contribution in [1.29, 1.82) is 0 Å². The van der Waals surface area contributed by atoms with Crippen molar-refractivity contribution < 1.29 is 9.59 Å². The summed E-state index contributed by atoms with van der Waals surface area (Å²) < 4.78 is 0. The summed E-state index contributed by atoms with van der Waals surface area (Å²) in [6.07, 6.45) is 1.63. The molecule has 0 unspecified atom stereocenters. The lowest BCUT2D eigenvalue weighted by Gasteiger charge is -2.11. The fraction of sp³-hybridized carbons (Fsp3) is 0.136. The maximum Gasteiger partial charge on any atom is 0.274 e. The van der Waals surface area contributed by atoms with Gasteiger partial charge in [0.2, 0.25) is 0 Å². The van der Waals surface area contributed by atoms with E-state index in [4.69, 9.17) is 0 Å². The molecule has 0 radical (unpaired) electrons. The Morgan fingerprint density at radius 1 is 0.926 bits per heavy atom. The summed E-state index contributed by atoms with van der Waals surface area (Å²) in [4.78, 5) is 28.1. The molecule has 5 nitrogen and oxygen atoms in total. The fourth-order valence-corrected chi connectivity index (χ4v) is 2.66. The first-order valence-corrected chi connectivity index (χ1v) is 8.65. The third-order valence-electron chi connectivity index (χ3n) is 4.41. The van der Waals surface area contributed by atoms with Gasteiger partial charge in [-0.05, 0) is 62.2 Å². The van der Waals surface area contributed by atoms with Crippen LogP contribution in [-0.2, 0) is 0 Å². The SMILES string of the molecule is CC(=O)c1cccc(NC(=O)c2ccc(Nc3cccc(C)c3C)cn2)c1. The average Bonchev–Trinajstić information content (AvgIpc) is 2.66. The van der Waals surface area contributed by atoms with Crippen molar-refractivity contribution in [2.45, 2.75) is 20.8 Å². The standard InChI is InChI=1S/C22H21N3O2/c1-14-6-4-9-20(15(14)2)24-19-10-11-21(23-13-19)22(27)25-18-8-5-7-17(12-18)16(3)26/h4-13,24H,1-3H3,(H,25,27). The van der Waals surface area contributed by atoms with Crippen LogP contribution in [0.5, 0.6) is 0 Å². The van der Waals surface area contributed by atoms with Gasteiger partial charge < -0.3 is 10.6 Å². The van der Waals surface area contributed by atoms with Gasteiger partial charge in [-0.2, -0.15) is 0 Å². The van der Waals surface area contributed by atoms with Crippen molar-refractivity contribution in [1.82, 2.24) is 4.98 Å². The van der Waals surface area contributed by atoms with Crippen LogP contribution < -0.4 is 10.6 Å². The summed E-state index contributed by atoms with van der Waals surface area (Å²) >= 11 is 0. The maximum absolute atomic E-state index is 12.4. The lowest BCUT2D eigenvalue weighted by Crippen LogP contribution is -2.14. The van der Waals surface area contributed by atoms with Crippen LogP contribution in [-0.4, -0.2) is 16.7 Å². The normalized spacial score (nSPS) is 10.3. The molecule has 0 atom stereocenters. The molecule has 0 spiro atoms. The van der Waals surface area contributed by atoms with Crippen LogP contribution in [0.1, 0.15) is 38.9 Å². The summed E-state index contributed by atoms with van der Waals surface area (Å²) in [6, 6.07) is 16.4. The third-order valence-corrected chi connectivity index (χ3v) is 4.41. The van der Waals surface area contributed by atoms with Crippen molar-refractivity contribution in [3.63, 3.8) is 0 Å². The van der Waals surface area contributed by atoms with Gasteiger partial charge in [0.1, 0.15) is 5.69 Å². The zero-order valence-electron chi connectivity index (χ0n) is 15.5. The quantitative estimate of drug-likeness (QED) is 0.636. The van der Waals surface area contributed by atoms with E-state index in [1.807, 2.05) is 18.2 Å². The minimum atomic E-state index is -0.325. The number of benzene rings is 2. The molecule has 3 aromatic rings. The molecule has 2 N–H and O–H groups in total. The smallest absolute Gasteiger partial charge is 0.274 e. The number of hydrogen-bond donors (Lipinski definition) is 2. The Bertz CT molecular complexity index is 995. The molecule has 2 aromatic carbocycles. The zero-order valence-corrected chi connectivity index (χ0v) is 15.5. The highest BCUT2D eigenvalue weighted by Gasteiger charge is 2.09. The van der Waals surface area contributed by atoms with E-state index in [1.165, 1.54) is 18.1 Å². The lowest BCUT2D eigenvalue weighted by atomic mass is 10.1. The number of anilines is 3. The van der Waals surface area contributed by atoms with E-state index in [-0.39, 0.29) is 11.7 Å². The molecule has 0 saturated carbocycles. The fourth-order valence-electron chi connectivity index (χ4n) is 2.66. The summed E-state index contributed by atoms with van der Waals surface area (Å²) in [5, 5.41) is 6.08. The molecule has 136 valence electrons. The zero-order chi connectivity index (χ0) is 19.4. The molecule has 1 aromatic heterocycles. The molecule has 3 rings (SSSR count). The second-order valence-corrected chi connectivity index (χ2v) is 6.40. The Morgan fingerprint density at radius 3 is 2.41 bits per heavy atom. The van der Waals surface area contributed by atoms with Crippen LogP contribution >= 0.6 is 0 Å². The second kappa shape index (κ2) is 7.83. The highest BCUT2D eigenvalue weighted by molar-refractivity contribution is 6.04. The van der Waals surface area contributed by atoms with Gasteiger partial charge in [0.15, 0.2) is 5.78 Å². The molecule has 1 amide bonds. The molecule has 0 aliphatic carbocycles. The van der Waals surface area contributed by atoms with Crippen molar-refractivity contribution in [2.75, 3.05) is 10.6 Å². The number of hydrogen-bond acceptors (Lipinski definition) is 4. The monoisotopic (exact) mass is 359 g/mol. The van der Waals surface area contributed by atoms with Gasteiger partial charge in [-0.15, -0.1) is 0 Å². The number of carbonyl (C=O) groups excluding carboxylic acids is 2. The van der Waals surface area contributed by atoms with Gasteiger partial charge in [0, 0.05) is 16.9 Å². The summed E-state index contributed by atoms with van der Waals surface area (Å²) in [5.41, 5.74) is 5.60. The van der Waals surface area contributed by atoms with Crippen LogP contribution in [0.2, 0.25) is 0 Å². The minimum absolute atomic E-state index is 0.0499. The first-order chi connectivity index (χ1) is 12.9. The Hall–Kier alpha value is -3.47. The number of Topliss-reactive ketones (excluding diaryl/α,β-unsaturated/α-hetero) is 1. The van der Waals surface area contributed by atoms with Crippen molar-refractivity contribution in [3.05, 3.63) is 83.2 Å². The first-order valence-electron chi connectivity index (χ1n) is 8.65. The molecule has 0 fully saturated rings. The molecular weight excluding hydrogens is 338 g/mol. The summed E-state index contributed by atoms with van der Waals surface area (Å²) in [5.74, 6) is -0.375. The number of aryl methyl sites for hydroxylation is 1. The predicted octanol–water partition coefficient (Wildman–Crippen LogP) is 4.90. The van der Waals surface area contributed by atoms with E-state index in [9.17, 15) is 9.59 Å². The van der Waals surface area contributed by atoms with Crippen molar-refractivity contribution in [2.24, 2.45) is 0 Å². The molecule has 0 saturated heterocycles. The number of amides is 1. The summed E-state index contributed by atoms with van der Waals surface area (Å²) in [6.45, 7) is 5.61. The number of nitrogens with zero attached hydrogens (tertiary/aromatic N) is 1. The van der Waals surface area contributed by atoms with Crippen LogP contribution in [0, 0.1) is 13.8 Å². The van der Waals surface area contributed by atoms with E-state index < -0.39 is 0 Å². The van der Waals surface area contributed by atoms with Gasteiger partial charge >= 0.3 is 0 Å².